The maximum absolute atomic E-state index is 13.8. The van der Waals surface area contributed by atoms with Crippen LogP contribution in [0.2, 0.25) is 0 Å². The summed E-state index contributed by atoms with van der Waals surface area (Å²) in [6.07, 6.45) is 0. The summed E-state index contributed by atoms with van der Waals surface area (Å²) in [5, 5.41) is 0. The van der Waals surface area contributed by atoms with Crippen molar-refractivity contribution in [1.82, 2.24) is 19.6 Å². The molecule has 2 saturated heterocycles. The standard InChI is InChI=1S/C31H36N4O2/c36-30(34-20-16-32(17-21-34)24-26-10-4-1-5-11-26)29(28-14-8-3-9-15-28)31(37)35-22-18-33(19-23-35)25-27-12-6-2-7-13-27/h1-15,29H,16-25H2. The SMILES string of the molecule is O=C(C(C(=O)N1CCN(Cc2ccccc2)CC1)c1ccccc1)N1CCN(Cc2ccccc2)CC1. The molecule has 2 heterocycles. The number of hydrogen-bond acceptors (Lipinski definition) is 4. The van der Waals surface area contributed by atoms with E-state index in [-0.39, 0.29) is 11.8 Å². The molecule has 3 aromatic carbocycles. The molecule has 0 aliphatic carbocycles. The fourth-order valence-electron chi connectivity index (χ4n) is 5.34. The number of carbonyl (C=O) groups is 2. The Balaban J connectivity index is 1.21. The summed E-state index contributed by atoms with van der Waals surface area (Å²) >= 11 is 0. The summed E-state index contributed by atoms with van der Waals surface area (Å²) in [7, 11) is 0. The number of benzene rings is 3. The van der Waals surface area contributed by atoms with Gasteiger partial charge in [-0.3, -0.25) is 19.4 Å². The number of rotatable bonds is 7. The van der Waals surface area contributed by atoms with Gasteiger partial charge in [-0.25, -0.2) is 0 Å². The lowest BCUT2D eigenvalue weighted by Gasteiger charge is -2.39. The molecule has 6 nitrogen and oxygen atoms in total. The van der Waals surface area contributed by atoms with Crippen LogP contribution in [0, 0.1) is 0 Å². The normalized spacial score (nSPS) is 17.2. The van der Waals surface area contributed by atoms with Gasteiger partial charge in [-0.05, 0) is 16.7 Å². The van der Waals surface area contributed by atoms with Gasteiger partial charge in [-0.1, -0.05) is 91.0 Å². The highest BCUT2D eigenvalue weighted by Crippen LogP contribution is 2.24. The first-order valence-electron chi connectivity index (χ1n) is 13.3. The van der Waals surface area contributed by atoms with Crippen molar-refractivity contribution in [2.75, 3.05) is 52.4 Å². The minimum absolute atomic E-state index is 0.0673. The summed E-state index contributed by atoms with van der Waals surface area (Å²) < 4.78 is 0. The molecule has 0 N–H and O–H groups in total. The molecule has 2 aliphatic heterocycles. The van der Waals surface area contributed by atoms with Gasteiger partial charge in [0.05, 0.1) is 0 Å². The third-order valence-electron chi connectivity index (χ3n) is 7.49. The van der Waals surface area contributed by atoms with E-state index in [1.165, 1.54) is 11.1 Å². The van der Waals surface area contributed by atoms with Crippen LogP contribution in [0.15, 0.2) is 91.0 Å². The quantitative estimate of drug-likeness (QED) is 0.470. The summed E-state index contributed by atoms with van der Waals surface area (Å²) in [5.41, 5.74) is 3.35. The van der Waals surface area contributed by atoms with E-state index in [4.69, 9.17) is 0 Å². The second kappa shape index (κ2) is 12.2. The predicted molar refractivity (Wildman–Crippen MR) is 146 cm³/mol. The van der Waals surface area contributed by atoms with E-state index in [1.54, 1.807) is 0 Å². The highest BCUT2D eigenvalue weighted by Gasteiger charge is 2.37. The fraction of sp³-hybridized carbons (Fsp3) is 0.355. The Labute approximate surface area is 220 Å². The maximum atomic E-state index is 13.8. The first-order valence-corrected chi connectivity index (χ1v) is 13.3. The van der Waals surface area contributed by atoms with E-state index in [0.29, 0.717) is 26.2 Å². The van der Waals surface area contributed by atoms with Crippen LogP contribution in [-0.2, 0) is 22.7 Å². The average molecular weight is 497 g/mol. The van der Waals surface area contributed by atoms with Crippen molar-refractivity contribution in [2.45, 2.75) is 19.0 Å². The Morgan fingerprint density at radius 1 is 0.514 bits per heavy atom. The smallest absolute Gasteiger partial charge is 0.239 e. The molecule has 0 spiro atoms. The topological polar surface area (TPSA) is 47.1 Å². The predicted octanol–water partition coefficient (Wildman–Crippen LogP) is 3.46. The average Bonchev–Trinajstić information content (AvgIpc) is 2.95. The second-order valence-corrected chi connectivity index (χ2v) is 10.0. The lowest BCUT2D eigenvalue weighted by Crippen LogP contribution is -2.54. The molecule has 0 saturated carbocycles. The number of carbonyl (C=O) groups excluding carboxylic acids is 2. The number of nitrogens with zero attached hydrogens (tertiary/aromatic N) is 4. The van der Waals surface area contributed by atoms with Crippen molar-refractivity contribution in [3.05, 3.63) is 108 Å². The van der Waals surface area contributed by atoms with Gasteiger partial charge in [0.2, 0.25) is 11.8 Å². The number of hydrogen-bond donors (Lipinski definition) is 0. The van der Waals surface area contributed by atoms with E-state index < -0.39 is 5.92 Å². The summed E-state index contributed by atoms with van der Waals surface area (Å²) in [4.78, 5) is 36.1. The molecule has 5 rings (SSSR count). The van der Waals surface area contributed by atoms with Gasteiger partial charge in [-0.2, -0.15) is 0 Å². The van der Waals surface area contributed by atoms with Crippen molar-refractivity contribution in [3.63, 3.8) is 0 Å². The molecule has 0 aromatic heterocycles. The first-order chi connectivity index (χ1) is 18.2. The molecular formula is C31H36N4O2. The monoisotopic (exact) mass is 496 g/mol. The van der Waals surface area contributed by atoms with Crippen LogP contribution in [-0.4, -0.2) is 83.8 Å². The van der Waals surface area contributed by atoms with Crippen LogP contribution < -0.4 is 0 Å². The molecule has 2 fully saturated rings. The Morgan fingerprint density at radius 3 is 1.24 bits per heavy atom. The van der Waals surface area contributed by atoms with Crippen molar-refractivity contribution in [1.29, 1.82) is 0 Å². The van der Waals surface area contributed by atoms with Crippen LogP contribution in [0.5, 0.6) is 0 Å². The molecule has 192 valence electrons. The Bertz CT molecular complexity index is 1070. The summed E-state index contributed by atoms with van der Waals surface area (Å²) in [6.45, 7) is 7.61. The zero-order valence-electron chi connectivity index (χ0n) is 21.4. The minimum Gasteiger partial charge on any atom is -0.339 e. The van der Waals surface area contributed by atoms with Crippen molar-refractivity contribution in [2.24, 2.45) is 0 Å². The molecule has 0 atom stereocenters. The van der Waals surface area contributed by atoms with E-state index in [0.717, 1.165) is 44.8 Å². The third-order valence-corrected chi connectivity index (χ3v) is 7.49. The summed E-state index contributed by atoms with van der Waals surface area (Å²) in [5.74, 6) is -0.910. The minimum atomic E-state index is -0.775. The highest BCUT2D eigenvalue weighted by molar-refractivity contribution is 6.05. The van der Waals surface area contributed by atoms with E-state index >= 15 is 0 Å². The van der Waals surface area contributed by atoms with Crippen LogP contribution in [0.4, 0.5) is 0 Å². The molecule has 2 aliphatic rings. The van der Waals surface area contributed by atoms with Crippen molar-refractivity contribution < 1.29 is 9.59 Å². The molecule has 2 amide bonds. The zero-order valence-corrected chi connectivity index (χ0v) is 21.4. The highest BCUT2D eigenvalue weighted by atomic mass is 16.2. The second-order valence-electron chi connectivity index (χ2n) is 10.0. The molecular weight excluding hydrogens is 460 g/mol. The van der Waals surface area contributed by atoms with Gasteiger partial charge >= 0.3 is 0 Å². The van der Waals surface area contributed by atoms with Gasteiger partial charge in [0, 0.05) is 65.4 Å². The third kappa shape index (κ3) is 6.45. The molecule has 6 heteroatoms. The maximum Gasteiger partial charge on any atom is 0.239 e. The Kier molecular flexibility index (Phi) is 8.28. The van der Waals surface area contributed by atoms with E-state index in [1.807, 2.05) is 52.3 Å². The summed E-state index contributed by atoms with van der Waals surface area (Å²) in [6, 6.07) is 30.5. The number of piperazine rings is 2. The van der Waals surface area contributed by atoms with Crippen LogP contribution in [0.25, 0.3) is 0 Å². The van der Waals surface area contributed by atoms with Gasteiger partial charge < -0.3 is 9.80 Å². The Morgan fingerprint density at radius 2 is 0.865 bits per heavy atom. The number of amides is 2. The van der Waals surface area contributed by atoms with E-state index in [2.05, 4.69) is 58.3 Å². The van der Waals surface area contributed by atoms with Gasteiger partial charge in [0.25, 0.3) is 0 Å². The van der Waals surface area contributed by atoms with Crippen LogP contribution in [0.3, 0.4) is 0 Å². The molecule has 0 unspecified atom stereocenters. The van der Waals surface area contributed by atoms with Gasteiger partial charge in [0.1, 0.15) is 5.92 Å². The largest absolute Gasteiger partial charge is 0.339 e. The first kappa shape index (κ1) is 25.2. The van der Waals surface area contributed by atoms with Crippen LogP contribution >= 0.6 is 0 Å². The molecule has 3 aromatic rings. The lowest BCUT2D eigenvalue weighted by molar-refractivity contribution is -0.145. The fourth-order valence-corrected chi connectivity index (χ4v) is 5.34. The van der Waals surface area contributed by atoms with E-state index in [9.17, 15) is 9.59 Å². The van der Waals surface area contributed by atoms with Crippen molar-refractivity contribution in [3.8, 4) is 0 Å². The van der Waals surface area contributed by atoms with Crippen LogP contribution in [0.1, 0.15) is 22.6 Å². The molecule has 37 heavy (non-hydrogen) atoms. The zero-order chi connectivity index (χ0) is 25.5. The Hall–Kier alpha value is -3.48. The van der Waals surface area contributed by atoms with Gasteiger partial charge in [-0.15, -0.1) is 0 Å². The molecule has 0 bridgehead atoms. The van der Waals surface area contributed by atoms with Gasteiger partial charge in [0.15, 0.2) is 0 Å². The lowest BCUT2D eigenvalue weighted by atomic mass is 9.95. The van der Waals surface area contributed by atoms with Crippen molar-refractivity contribution >= 4 is 11.8 Å². The molecule has 0 radical (unpaired) electrons.